The molecular weight excluding hydrogens is 220 g/mol. The average Bonchev–Trinajstić information content (AvgIpc) is 2.66. The molecule has 2 aromatic rings. The zero-order chi connectivity index (χ0) is 11.4. The second-order valence-corrected chi connectivity index (χ2v) is 4.30. The van der Waals surface area contributed by atoms with Crippen molar-refractivity contribution in [3.05, 3.63) is 58.9 Å². The van der Waals surface area contributed by atoms with Gasteiger partial charge in [0.1, 0.15) is 0 Å². The van der Waals surface area contributed by atoms with Crippen molar-refractivity contribution in [2.75, 3.05) is 6.54 Å². The third-order valence-electron chi connectivity index (χ3n) is 2.50. The Kier molecular flexibility index (Phi) is 3.65. The lowest BCUT2D eigenvalue weighted by atomic mass is 10.2. The number of nitrogens with zero attached hydrogens (tertiary/aromatic N) is 1. The van der Waals surface area contributed by atoms with Crippen LogP contribution in [0.5, 0.6) is 0 Å². The third kappa shape index (κ3) is 2.87. The Morgan fingerprint density at radius 2 is 2.06 bits per heavy atom. The highest BCUT2D eigenvalue weighted by atomic mass is 35.5. The summed E-state index contributed by atoms with van der Waals surface area (Å²) in [6, 6.07) is 10.0. The first kappa shape index (κ1) is 11.2. The molecule has 0 amide bonds. The van der Waals surface area contributed by atoms with Crippen molar-refractivity contribution in [2.24, 2.45) is 5.73 Å². The maximum atomic E-state index is 5.94. The van der Waals surface area contributed by atoms with Gasteiger partial charge in [-0.3, -0.25) is 0 Å². The third-order valence-corrected chi connectivity index (χ3v) is 2.73. The predicted molar refractivity (Wildman–Crippen MR) is 67.7 cm³/mol. The van der Waals surface area contributed by atoms with E-state index in [1.807, 2.05) is 18.2 Å². The molecular formula is C13H15ClN2. The quantitative estimate of drug-likeness (QED) is 0.867. The van der Waals surface area contributed by atoms with Crippen LogP contribution in [0, 0.1) is 0 Å². The number of hydrogen-bond donors (Lipinski definition) is 1. The Hall–Kier alpha value is -1.25. The van der Waals surface area contributed by atoms with Gasteiger partial charge in [-0.15, -0.1) is 0 Å². The van der Waals surface area contributed by atoms with Gasteiger partial charge in [0, 0.05) is 24.0 Å². The van der Waals surface area contributed by atoms with E-state index in [2.05, 4.69) is 29.1 Å². The molecule has 2 rings (SSSR count). The number of aromatic nitrogens is 1. The zero-order valence-electron chi connectivity index (χ0n) is 9.07. The molecule has 0 fully saturated rings. The molecule has 0 bridgehead atoms. The van der Waals surface area contributed by atoms with Gasteiger partial charge >= 0.3 is 0 Å². The van der Waals surface area contributed by atoms with Crippen LogP contribution < -0.4 is 5.73 Å². The maximum Gasteiger partial charge on any atom is 0.0470 e. The predicted octanol–water partition coefficient (Wildman–Crippen LogP) is 2.69. The molecule has 84 valence electrons. The molecule has 0 aliphatic heterocycles. The van der Waals surface area contributed by atoms with E-state index in [1.54, 1.807) is 0 Å². The highest BCUT2D eigenvalue weighted by Crippen LogP contribution is 2.12. The first-order valence-corrected chi connectivity index (χ1v) is 5.75. The highest BCUT2D eigenvalue weighted by molar-refractivity contribution is 6.30. The fraction of sp³-hybridized carbons (Fsp3) is 0.231. The van der Waals surface area contributed by atoms with Crippen molar-refractivity contribution in [1.29, 1.82) is 0 Å². The van der Waals surface area contributed by atoms with Gasteiger partial charge in [0.05, 0.1) is 0 Å². The van der Waals surface area contributed by atoms with Crippen molar-refractivity contribution in [2.45, 2.75) is 13.0 Å². The van der Waals surface area contributed by atoms with Gasteiger partial charge in [-0.1, -0.05) is 23.7 Å². The van der Waals surface area contributed by atoms with Crippen LogP contribution in [0.2, 0.25) is 5.02 Å². The molecule has 0 unspecified atom stereocenters. The summed E-state index contributed by atoms with van der Waals surface area (Å²) in [7, 11) is 0. The monoisotopic (exact) mass is 234 g/mol. The minimum Gasteiger partial charge on any atom is -0.350 e. The van der Waals surface area contributed by atoms with Crippen molar-refractivity contribution < 1.29 is 0 Å². The summed E-state index contributed by atoms with van der Waals surface area (Å²) in [6.45, 7) is 1.55. The minimum absolute atomic E-state index is 0.696. The second kappa shape index (κ2) is 5.19. The largest absolute Gasteiger partial charge is 0.350 e. The van der Waals surface area contributed by atoms with Crippen LogP contribution in [0.1, 0.15) is 11.1 Å². The van der Waals surface area contributed by atoms with Crippen LogP contribution in [0.25, 0.3) is 0 Å². The van der Waals surface area contributed by atoms with E-state index in [-0.39, 0.29) is 0 Å². The molecule has 0 aliphatic carbocycles. The Labute approximate surface area is 101 Å². The number of nitrogens with two attached hydrogens (primary N) is 1. The summed E-state index contributed by atoms with van der Waals surface area (Å²) in [5.41, 5.74) is 8.01. The highest BCUT2D eigenvalue weighted by Gasteiger charge is 1.98. The maximum absolute atomic E-state index is 5.94. The van der Waals surface area contributed by atoms with Crippen molar-refractivity contribution >= 4 is 11.6 Å². The van der Waals surface area contributed by atoms with Gasteiger partial charge in [-0.25, -0.2) is 0 Å². The normalized spacial score (nSPS) is 10.6. The lowest BCUT2D eigenvalue weighted by Gasteiger charge is -2.03. The molecule has 0 aliphatic rings. The molecule has 0 spiro atoms. The average molecular weight is 235 g/mol. The number of benzene rings is 1. The molecule has 1 heterocycles. The number of rotatable bonds is 4. The van der Waals surface area contributed by atoms with Gasteiger partial charge in [0.25, 0.3) is 0 Å². The molecule has 16 heavy (non-hydrogen) atoms. The molecule has 1 aromatic carbocycles. The van der Waals surface area contributed by atoms with Gasteiger partial charge in [0.2, 0.25) is 0 Å². The lowest BCUT2D eigenvalue weighted by Crippen LogP contribution is -2.02. The molecule has 2 N–H and O–H groups in total. The van der Waals surface area contributed by atoms with Crippen LogP contribution in [-0.4, -0.2) is 11.1 Å². The summed E-state index contributed by atoms with van der Waals surface area (Å²) in [5.74, 6) is 0. The van der Waals surface area contributed by atoms with Crippen molar-refractivity contribution in [1.82, 2.24) is 4.57 Å². The molecule has 1 aromatic heterocycles. The summed E-state index contributed by atoms with van der Waals surface area (Å²) in [6.07, 6.45) is 5.14. The molecule has 0 atom stereocenters. The fourth-order valence-electron chi connectivity index (χ4n) is 1.75. The Bertz CT molecular complexity index is 462. The van der Waals surface area contributed by atoms with Crippen LogP contribution in [0.3, 0.4) is 0 Å². The molecule has 2 nitrogen and oxygen atoms in total. The van der Waals surface area contributed by atoms with Crippen molar-refractivity contribution in [3.8, 4) is 0 Å². The summed E-state index contributed by atoms with van der Waals surface area (Å²) in [4.78, 5) is 0. The van der Waals surface area contributed by atoms with E-state index in [4.69, 9.17) is 17.3 Å². The Morgan fingerprint density at radius 1 is 1.19 bits per heavy atom. The van der Waals surface area contributed by atoms with Crippen LogP contribution in [-0.2, 0) is 13.0 Å². The molecule has 3 heteroatoms. The van der Waals surface area contributed by atoms with E-state index in [1.165, 1.54) is 11.1 Å². The van der Waals surface area contributed by atoms with E-state index in [9.17, 15) is 0 Å². The topological polar surface area (TPSA) is 30.9 Å². The van der Waals surface area contributed by atoms with Crippen LogP contribution >= 0.6 is 11.6 Å². The van der Waals surface area contributed by atoms with E-state index in [0.717, 1.165) is 18.0 Å². The van der Waals surface area contributed by atoms with E-state index < -0.39 is 0 Å². The second-order valence-electron chi connectivity index (χ2n) is 3.86. The fourth-order valence-corrected chi connectivity index (χ4v) is 1.96. The Morgan fingerprint density at radius 3 is 2.81 bits per heavy atom. The van der Waals surface area contributed by atoms with Gasteiger partial charge in [-0.05, 0) is 42.3 Å². The zero-order valence-corrected chi connectivity index (χ0v) is 9.82. The van der Waals surface area contributed by atoms with Gasteiger partial charge in [0.15, 0.2) is 0 Å². The first-order chi connectivity index (χ1) is 7.78. The van der Waals surface area contributed by atoms with Gasteiger partial charge in [-0.2, -0.15) is 0 Å². The van der Waals surface area contributed by atoms with E-state index in [0.29, 0.717) is 6.54 Å². The standard InChI is InChI=1S/C13H15ClN2/c14-13-3-1-2-12(8-13)10-16-7-5-11(9-16)4-6-15/h1-3,5,7-9H,4,6,10,15H2. The smallest absolute Gasteiger partial charge is 0.0470 e. The molecule has 0 radical (unpaired) electrons. The molecule has 0 saturated heterocycles. The van der Waals surface area contributed by atoms with E-state index >= 15 is 0 Å². The summed E-state index contributed by atoms with van der Waals surface area (Å²) < 4.78 is 2.15. The lowest BCUT2D eigenvalue weighted by molar-refractivity contribution is 0.800. The summed E-state index contributed by atoms with van der Waals surface area (Å²) >= 11 is 5.94. The number of halogens is 1. The Balaban J connectivity index is 2.08. The number of hydrogen-bond acceptors (Lipinski definition) is 1. The van der Waals surface area contributed by atoms with Crippen LogP contribution in [0.15, 0.2) is 42.7 Å². The first-order valence-electron chi connectivity index (χ1n) is 5.37. The van der Waals surface area contributed by atoms with Crippen LogP contribution in [0.4, 0.5) is 0 Å². The minimum atomic E-state index is 0.696. The van der Waals surface area contributed by atoms with Crippen molar-refractivity contribution in [3.63, 3.8) is 0 Å². The molecule has 0 saturated carbocycles. The van der Waals surface area contributed by atoms with Gasteiger partial charge < -0.3 is 10.3 Å². The SMILES string of the molecule is NCCc1ccn(Cc2cccc(Cl)c2)c1. The summed E-state index contributed by atoms with van der Waals surface area (Å²) in [5, 5.41) is 0.784.